The van der Waals surface area contributed by atoms with Crippen LogP contribution < -0.4 is 10.5 Å². The molecule has 0 amide bonds. The van der Waals surface area contributed by atoms with Crippen LogP contribution in [0, 0.1) is 10.1 Å². The Bertz CT molecular complexity index is 579. The Labute approximate surface area is 104 Å². The molecule has 0 aliphatic heterocycles. The minimum Gasteiger partial charge on any atom is -0.495 e. The standard InChI is InChI=1S/C13H12N2O3/c1-18-13-7-4-10(8-12(13)14)9-2-5-11(6-3-9)15(16)17/h2-8H,14H2,1H3. The zero-order chi connectivity index (χ0) is 13.1. The van der Waals surface area contributed by atoms with Crippen LogP contribution in [0.5, 0.6) is 5.75 Å². The quantitative estimate of drug-likeness (QED) is 0.511. The van der Waals surface area contributed by atoms with Gasteiger partial charge in [-0.25, -0.2) is 0 Å². The highest BCUT2D eigenvalue weighted by Crippen LogP contribution is 2.29. The van der Waals surface area contributed by atoms with E-state index in [9.17, 15) is 10.1 Å². The molecule has 92 valence electrons. The minimum atomic E-state index is -0.424. The van der Waals surface area contributed by atoms with Crippen molar-refractivity contribution in [2.45, 2.75) is 0 Å². The molecule has 0 aliphatic carbocycles. The molecule has 5 heteroatoms. The molecule has 0 aliphatic rings. The molecule has 0 fully saturated rings. The molecule has 0 aromatic heterocycles. The maximum absolute atomic E-state index is 10.6. The van der Waals surface area contributed by atoms with Gasteiger partial charge in [0, 0.05) is 12.1 Å². The molecule has 0 spiro atoms. The van der Waals surface area contributed by atoms with Crippen molar-refractivity contribution in [2.24, 2.45) is 0 Å². The van der Waals surface area contributed by atoms with E-state index >= 15 is 0 Å². The largest absolute Gasteiger partial charge is 0.495 e. The third-order valence-corrected chi connectivity index (χ3v) is 2.64. The average Bonchev–Trinajstić information content (AvgIpc) is 2.38. The lowest BCUT2D eigenvalue weighted by Crippen LogP contribution is -1.92. The molecule has 0 saturated carbocycles. The number of hydrogen-bond donors (Lipinski definition) is 1. The fourth-order valence-corrected chi connectivity index (χ4v) is 1.69. The number of nitrogens with two attached hydrogens (primary N) is 1. The van der Waals surface area contributed by atoms with Crippen LogP contribution in [-0.2, 0) is 0 Å². The van der Waals surface area contributed by atoms with E-state index in [1.165, 1.54) is 12.1 Å². The van der Waals surface area contributed by atoms with E-state index in [0.29, 0.717) is 11.4 Å². The van der Waals surface area contributed by atoms with Crippen molar-refractivity contribution < 1.29 is 9.66 Å². The predicted octanol–water partition coefficient (Wildman–Crippen LogP) is 2.85. The average molecular weight is 244 g/mol. The molecule has 0 saturated heterocycles. The normalized spacial score (nSPS) is 10.1. The van der Waals surface area contributed by atoms with Crippen LogP contribution in [0.4, 0.5) is 11.4 Å². The van der Waals surface area contributed by atoms with Crippen LogP contribution in [0.2, 0.25) is 0 Å². The van der Waals surface area contributed by atoms with Crippen LogP contribution in [0.3, 0.4) is 0 Å². The van der Waals surface area contributed by atoms with Gasteiger partial charge in [0.2, 0.25) is 0 Å². The second-order valence-electron chi connectivity index (χ2n) is 3.76. The smallest absolute Gasteiger partial charge is 0.269 e. The van der Waals surface area contributed by atoms with E-state index in [1.807, 2.05) is 6.07 Å². The zero-order valence-electron chi connectivity index (χ0n) is 9.79. The summed E-state index contributed by atoms with van der Waals surface area (Å²) in [7, 11) is 1.55. The Morgan fingerprint density at radius 2 is 1.72 bits per heavy atom. The van der Waals surface area contributed by atoms with Gasteiger partial charge >= 0.3 is 0 Å². The second-order valence-corrected chi connectivity index (χ2v) is 3.76. The Morgan fingerprint density at radius 3 is 2.22 bits per heavy atom. The highest BCUT2D eigenvalue weighted by Gasteiger charge is 2.06. The fourth-order valence-electron chi connectivity index (χ4n) is 1.69. The van der Waals surface area contributed by atoms with Gasteiger partial charge < -0.3 is 10.5 Å². The summed E-state index contributed by atoms with van der Waals surface area (Å²) in [6.07, 6.45) is 0. The number of non-ortho nitro benzene ring substituents is 1. The van der Waals surface area contributed by atoms with Crippen LogP contribution in [0.25, 0.3) is 11.1 Å². The van der Waals surface area contributed by atoms with Crippen molar-refractivity contribution >= 4 is 11.4 Å². The highest BCUT2D eigenvalue weighted by atomic mass is 16.6. The molecule has 18 heavy (non-hydrogen) atoms. The number of nitro benzene ring substituents is 1. The predicted molar refractivity (Wildman–Crippen MR) is 69.5 cm³/mol. The topological polar surface area (TPSA) is 78.4 Å². The Balaban J connectivity index is 2.36. The second kappa shape index (κ2) is 4.75. The molecule has 0 radical (unpaired) electrons. The lowest BCUT2D eigenvalue weighted by Gasteiger charge is -2.07. The molecule has 2 aromatic rings. The first-order valence-corrected chi connectivity index (χ1v) is 5.30. The van der Waals surface area contributed by atoms with E-state index in [-0.39, 0.29) is 5.69 Å². The van der Waals surface area contributed by atoms with E-state index < -0.39 is 4.92 Å². The lowest BCUT2D eigenvalue weighted by atomic mass is 10.0. The van der Waals surface area contributed by atoms with E-state index in [1.54, 1.807) is 31.4 Å². The first-order valence-electron chi connectivity index (χ1n) is 5.30. The summed E-state index contributed by atoms with van der Waals surface area (Å²) in [5, 5.41) is 10.6. The number of nitrogens with zero attached hydrogens (tertiary/aromatic N) is 1. The maximum atomic E-state index is 10.6. The molecule has 0 unspecified atom stereocenters. The van der Waals surface area contributed by atoms with Gasteiger partial charge in [-0.2, -0.15) is 0 Å². The number of nitro groups is 1. The van der Waals surface area contributed by atoms with E-state index in [0.717, 1.165) is 11.1 Å². The van der Waals surface area contributed by atoms with Gasteiger partial charge in [0.1, 0.15) is 5.75 Å². The monoisotopic (exact) mass is 244 g/mol. The van der Waals surface area contributed by atoms with Crippen LogP contribution in [0.15, 0.2) is 42.5 Å². The van der Waals surface area contributed by atoms with Gasteiger partial charge in [-0.15, -0.1) is 0 Å². The van der Waals surface area contributed by atoms with Gasteiger partial charge in [0.25, 0.3) is 5.69 Å². The molecule has 0 atom stereocenters. The Morgan fingerprint density at radius 1 is 1.11 bits per heavy atom. The summed E-state index contributed by atoms with van der Waals surface area (Å²) >= 11 is 0. The number of benzene rings is 2. The third kappa shape index (κ3) is 2.24. The maximum Gasteiger partial charge on any atom is 0.269 e. The van der Waals surface area contributed by atoms with Crippen LogP contribution in [0.1, 0.15) is 0 Å². The van der Waals surface area contributed by atoms with E-state index in [4.69, 9.17) is 10.5 Å². The van der Waals surface area contributed by atoms with Crippen molar-refractivity contribution in [3.63, 3.8) is 0 Å². The fraction of sp³-hybridized carbons (Fsp3) is 0.0769. The first-order chi connectivity index (χ1) is 8.61. The number of hydrogen-bond acceptors (Lipinski definition) is 4. The minimum absolute atomic E-state index is 0.0697. The van der Waals surface area contributed by atoms with E-state index in [2.05, 4.69) is 0 Å². The zero-order valence-corrected chi connectivity index (χ0v) is 9.79. The number of methoxy groups -OCH3 is 1. The molecule has 0 bridgehead atoms. The molecule has 2 rings (SSSR count). The van der Waals surface area contributed by atoms with Crippen molar-refractivity contribution in [1.29, 1.82) is 0 Å². The van der Waals surface area contributed by atoms with Gasteiger partial charge in [0.15, 0.2) is 0 Å². The molecule has 0 heterocycles. The Hall–Kier alpha value is -2.56. The van der Waals surface area contributed by atoms with Crippen molar-refractivity contribution in [3.8, 4) is 16.9 Å². The Kier molecular flexibility index (Phi) is 3.14. The lowest BCUT2D eigenvalue weighted by molar-refractivity contribution is -0.384. The summed E-state index contributed by atoms with van der Waals surface area (Å²) in [5.74, 6) is 0.612. The summed E-state index contributed by atoms with van der Waals surface area (Å²) in [6.45, 7) is 0. The van der Waals surface area contributed by atoms with Crippen molar-refractivity contribution in [2.75, 3.05) is 12.8 Å². The summed E-state index contributed by atoms with van der Waals surface area (Å²) in [6, 6.07) is 11.7. The van der Waals surface area contributed by atoms with Crippen LogP contribution in [-0.4, -0.2) is 12.0 Å². The molecular weight excluding hydrogens is 232 g/mol. The number of nitrogen functional groups attached to an aromatic ring is 1. The summed E-state index contributed by atoms with van der Waals surface area (Å²) in [4.78, 5) is 10.1. The summed E-state index contributed by atoms with van der Waals surface area (Å²) in [5.41, 5.74) is 8.18. The third-order valence-electron chi connectivity index (χ3n) is 2.64. The van der Waals surface area contributed by atoms with Gasteiger partial charge in [0.05, 0.1) is 17.7 Å². The first kappa shape index (κ1) is 11.9. The van der Waals surface area contributed by atoms with Crippen molar-refractivity contribution in [1.82, 2.24) is 0 Å². The molecule has 2 aromatic carbocycles. The number of anilines is 1. The molecular formula is C13H12N2O3. The SMILES string of the molecule is COc1ccc(-c2ccc([N+](=O)[O-])cc2)cc1N. The molecule has 2 N–H and O–H groups in total. The highest BCUT2D eigenvalue weighted by molar-refractivity contribution is 5.71. The number of rotatable bonds is 3. The number of ether oxygens (including phenoxy) is 1. The molecule has 5 nitrogen and oxygen atoms in total. The van der Waals surface area contributed by atoms with Gasteiger partial charge in [-0.05, 0) is 35.4 Å². The van der Waals surface area contributed by atoms with Crippen molar-refractivity contribution in [3.05, 3.63) is 52.6 Å². The summed E-state index contributed by atoms with van der Waals surface area (Å²) < 4.78 is 5.07. The van der Waals surface area contributed by atoms with Crippen LogP contribution >= 0.6 is 0 Å². The van der Waals surface area contributed by atoms with Gasteiger partial charge in [-0.1, -0.05) is 6.07 Å². The van der Waals surface area contributed by atoms with Gasteiger partial charge in [-0.3, -0.25) is 10.1 Å².